The Morgan fingerprint density at radius 1 is 1.09 bits per heavy atom. The first-order valence-corrected chi connectivity index (χ1v) is 10.9. The molecular weight excluding hydrogens is 412 g/mol. The number of rotatable bonds is 9. The van der Waals surface area contributed by atoms with Crippen molar-refractivity contribution in [3.8, 4) is 23.0 Å². The number of phenolic OH excluding ortho intramolecular Hbond substituents is 2. The zero-order valence-electron chi connectivity index (χ0n) is 19.0. The van der Waals surface area contributed by atoms with Gasteiger partial charge in [0.1, 0.15) is 0 Å². The van der Waals surface area contributed by atoms with E-state index in [1.807, 2.05) is 26.0 Å². The van der Waals surface area contributed by atoms with Crippen LogP contribution in [0.15, 0.2) is 36.4 Å². The first-order valence-electron chi connectivity index (χ1n) is 10.9. The van der Waals surface area contributed by atoms with Crippen molar-refractivity contribution in [1.82, 2.24) is 0 Å². The van der Waals surface area contributed by atoms with E-state index < -0.39 is 0 Å². The third kappa shape index (κ3) is 5.27. The Morgan fingerprint density at radius 3 is 2.41 bits per heavy atom. The lowest BCUT2D eigenvalue weighted by molar-refractivity contribution is -0.150. The van der Waals surface area contributed by atoms with Crippen molar-refractivity contribution in [2.45, 2.75) is 32.8 Å². The highest BCUT2D eigenvalue weighted by molar-refractivity contribution is 5.71. The minimum Gasteiger partial charge on any atom is -0.504 e. The summed E-state index contributed by atoms with van der Waals surface area (Å²) in [6.07, 6.45) is 1.08. The fourth-order valence-corrected chi connectivity index (χ4v) is 4.01. The molecule has 7 nitrogen and oxygen atoms in total. The van der Waals surface area contributed by atoms with Crippen LogP contribution in [0, 0.1) is 17.8 Å². The lowest BCUT2D eigenvalue weighted by atomic mass is 9.84. The van der Waals surface area contributed by atoms with Gasteiger partial charge in [0.2, 0.25) is 0 Å². The molecule has 4 atom stereocenters. The number of esters is 1. The van der Waals surface area contributed by atoms with Gasteiger partial charge in [-0.2, -0.15) is 0 Å². The lowest BCUT2D eigenvalue weighted by Crippen LogP contribution is -2.26. The normalized spacial score (nSPS) is 21.2. The van der Waals surface area contributed by atoms with Crippen LogP contribution < -0.4 is 9.47 Å². The van der Waals surface area contributed by atoms with E-state index in [-0.39, 0.29) is 47.9 Å². The van der Waals surface area contributed by atoms with Crippen molar-refractivity contribution >= 4 is 5.97 Å². The van der Waals surface area contributed by atoms with E-state index in [0.717, 1.165) is 17.5 Å². The second kappa shape index (κ2) is 10.6. The molecule has 1 aliphatic rings. The summed E-state index contributed by atoms with van der Waals surface area (Å²) >= 11 is 0. The molecule has 0 bridgehead atoms. The summed E-state index contributed by atoms with van der Waals surface area (Å²) in [6.45, 7) is 4.53. The topological polar surface area (TPSA) is 94.5 Å². The van der Waals surface area contributed by atoms with Crippen molar-refractivity contribution in [3.63, 3.8) is 0 Å². The van der Waals surface area contributed by atoms with Crippen molar-refractivity contribution in [2.75, 3.05) is 27.4 Å². The predicted octanol–water partition coefficient (Wildman–Crippen LogP) is 4.25. The summed E-state index contributed by atoms with van der Waals surface area (Å²) in [5.74, 6) is 0.551. The minimum atomic E-state index is -0.307. The molecule has 174 valence electrons. The fourth-order valence-electron chi connectivity index (χ4n) is 4.01. The van der Waals surface area contributed by atoms with Gasteiger partial charge < -0.3 is 29.2 Å². The number of benzene rings is 2. The SMILES string of the molecule is CCC(C)C(=O)OC[C@@H]1[C@H](Cc2ccc(O)c(OC)c2)CO[C@H]1c1ccc(O)c(OC)c1. The molecule has 0 spiro atoms. The molecule has 1 heterocycles. The first kappa shape index (κ1) is 23.7. The van der Waals surface area contributed by atoms with Crippen LogP contribution in [0.1, 0.15) is 37.5 Å². The Kier molecular flexibility index (Phi) is 7.85. The molecule has 0 aromatic heterocycles. The van der Waals surface area contributed by atoms with Crippen LogP contribution in [0.3, 0.4) is 0 Å². The highest BCUT2D eigenvalue weighted by Crippen LogP contribution is 2.43. The van der Waals surface area contributed by atoms with Gasteiger partial charge in [-0.25, -0.2) is 0 Å². The Morgan fingerprint density at radius 2 is 1.75 bits per heavy atom. The number of phenols is 2. The predicted molar refractivity (Wildman–Crippen MR) is 119 cm³/mol. The highest BCUT2D eigenvalue weighted by Gasteiger charge is 2.39. The van der Waals surface area contributed by atoms with Gasteiger partial charge in [-0.1, -0.05) is 26.0 Å². The number of hydrogen-bond donors (Lipinski definition) is 2. The molecule has 1 aliphatic heterocycles. The summed E-state index contributed by atoms with van der Waals surface area (Å²) in [4.78, 5) is 12.3. The van der Waals surface area contributed by atoms with E-state index >= 15 is 0 Å². The molecule has 0 aliphatic carbocycles. The number of hydrogen-bond acceptors (Lipinski definition) is 7. The van der Waals surface area contributed by atoms with Crippen molar-refractivity contribution in [1.29, 1.82) is 0 Å². The van der Waals surface area contributed by atoms with Crippen molar-refractivity contribution in [3.05, 3.63) is 47.5 Å². The maximum atomic E-state index is 12.3. The van der Waals surface area contributed by atoms with Gasteiger partial charge in [-0.05, 0) is 54.2 Å². The zero-order chi connectivity index (χ0) is 23.3. The molecular formula is C25H32O7. The molecule has 2 N–H and O–H groups in total. The average molecular weight is 445 g/mol. The number of aromatic hydroxyl groups is 2. The molecule has 2 aromatic rings. The summed E-state index contributed by atoms with van der Waals surface area (Å²) in [6, 6.07) is 10.4. The van der Waals surface area contributed by atoms with Crippen molar-refractivity contribution in [2.24, 2.45) is 17.8 Å². The maximum Gasteiger partial charge on any atom is 0.308 e. The van der Waals surface area contributed by atoms with Crippen LogP contribution in [0.25, 0.3) is 0 Å². The number of carbonyl (C=O) groups excluding carboxylic acids is 1. The van der Waals surface area contributed by atoms with E-state index in [2.05, 4.69) is 0 Å². The molecule has 3 rings (SSSR count). The molecule has 0 saturated carbocycles. The van der Waals surface area contributed by atoms with Crippen LogP contribution in [0.4, 0.5) is 0 Å². The molecule has 1 fully saturated rings. The van der Waals surface area contributed by atoms with Gasteiger partial charge in [0.05, 0.1) is 39.5 Å². The smallest absolute Gasteiger partial charge is 0.308 e. The standard InChI is InChI=1S/C25H32O7/c1-5-15(2)25(28)32-14-19-18(10-16-6-8-20(26)22(11-16)29-3)13-31-24(19)17-7-9-21(27)23(12-17)30-4/h6-9,11-12,15,18-19,24,26-27H,5,10,13-14H2,1-4H3/t15?,18-,19-,24+/m1/s1. The second-order valence-corrected chi connectivity index (χ2v) is 8.26. The summed E-state index contributed by atoms with van der Waals surface area (Å²) in [5, 5.41) is 19.9. The van der Waals surface area contributed by atoms with Crippen LogP contribution in [0.2, 0.25) is 0 Å². The van der Waals surface area contributed by atoms with E-state index in [1.54, 1.807) is 24.3 Å². The van der Waals surface area contributed by atoms with Gasteiger partial charge in [0, 0.05) is 5.92 Å². The largest absolute Gasteiger partial charge is 0.504 e. The van der Waals surface area contributed by atoms with E-state index in [9.17, 15) is 15.0 Å². The maximum absolute atomic E-state index is 12.3. The van der Waals surface area contributed by atoms with E-state index in [4.69, 9.17) is 18.9 Å². The molecule has 0 amide bonds. The fraction of sp³-hybridized carbons (Fsp3) is 0.480. The molecule has 1 unspecified atom stereocenters. The Balaban J connectivity index is 1.84. The summed E-state index contributed by atoms with van der Waals surface area (Å²) in [7, 11) is 3.02. The van der Waals surface area contributed by atoms with E-state index in [1.165, 1.54) is 14.2 Å². The number of carbonyl (C=O) groups is 1. The highest BCUT2D eigenvalue weighted by atomic mass is 16.5. The van der Waals surface area contributed by atoms with Gasteiger partial charge in [-0.15, -0.1) is 0 Å². The summed E-state index contributed by atoms with van der Waals surface area (Å²) < 4.78 is 22.3. The lowest BCUT2D eigenvalue weighted by Gasteiger charge is -2.24. The Bertz CT molecular complexity index is 927. The molecule has 32 heavy (non-hydrogen) atoms. The van der Waals surface area contributed by atoms with Crippen molar-refractivity contribution < 1.29 is 34.0 Å². The molecule has 7 heteroatoms. The third-order valence-electron chi connectivity index (χ3n) is 6.19. The van der Waals surface area contributed by atoms with Crippen LogP contribution in [0.5, 0.6) is 23.0 Å². The minimum absolute atomic E-state index is 0.0572. The second-order valence-electron chi connectivity index (χ2n) is 8.26. The first-order chi connectivity index (χ1) is 15.4. The Hall–Kier alpha value is -2.93. The van der Waals surface area contributed by atoms with Gasteiger partial charge in [0.25, 0.3) is 0 Å². The monoisotopic (exact) mass is 444 g/mol. The average Bonchev–Trinajstić information content (AvgIpc) is 3.20. The molecule has 0 radical (unpaired) electrons. The zero-order valence-corrected chi connectivity index (χ0v) is 19.0. The van der Waals surface area contributed by atoms with Gasteiger partial charge in [-0.3, -0.25) is 4.79 Å². The molecule has 2 aromatic carbocycles. The summed E-state index contributed by atoms with van der Waals surface area (Å²) in [5.41, 5.74) is 1.85. The third-order valence-corrected chi connectivity index (χ3v) is 6.19. The van der Waals surface area contributed by atoms with Gasteiger partial charge >= 0.3 is 5.97 Å². The van der Waals surface area contributed by atoms with E-state index in [0.29, 0.717) is 24.5 Å². The number of ether oxygens (including phenoxy) is 4. The molecule has 1 saturated heterocycles. The Labute approximate surface area is 188 Å². The quantitative estimate of drug-likeness (QED) is 0.558. The van der Waals surface area contributed by atoms with Gasteiger partial charge in [0.15, 0.2) is 23.0 Å². The number of methoxy groups -OCH3 is 2. The van der Waals surface area contributed by atoms with Crippen LogP contribution >= 0.6 is 0 Å². The van der Waals surface area contributed by atoms with Crippen LogP contribution in [-0.2, 0) is 20.7 Å². The van der Waals surface area contributed by atoms with Crippen LogP contribution in [-0.4, -0.2) is 43.6 Å².